The Kier molecular flexibility index (Phi) is 2.11. The smallest absolute Gasteiger partial charge is 0.161 e. The van der Waals surface area contributed by atoms with Crippen molar-refractivity contribution in [1.82, 2.24) is 0 Å². The molecule has 1 aliphatic carbocycles. The molecule has 3 nitrogen and oxygen atoms in total. The van der Waals surface area contributed by atoms with Gasteiger partial charge in [-0.15, -0.1) is 0 Å². The molecule has 1 saturated carbocycles. The van der Waals surface area contributed by atoms with Crippen molar-refractivity contribution in [1.29, 1.82) is 0 Å². The number of benzene rings is 1. The second-order valence-electron chi connectivity index (χ2n) is 4.92. The summed E-state index contributed by atoms with van der Waals surface area (Å²) < 4.78 is 11.1. The summed E-state index contributed by atoms with van der Waals surface area (Å²) in [5.41, 5.74) is 7.31. The molecular formula is C13H17NO2. The van der Waals surface area contributed by atoms with Crippen LogP contribution in [0.3, 0.4) is 0 Å². The van der Waals surface area contributed by atoms with E-state index in [1.54, 1.807) is 0 Å². The van der Waals surface area contributed by atoms with Crippen LogP contribution in [0.1, 0.15) is 25.3 Å². The largest absolute Gasteiger partial charge is 0.486 e. The predicted molar refractivity (Wildman–Crippen MR) is 61.7 cm³/mol. The first-order chi connectivity index (χ1) is 7.68. The quantitative estimate of drug-likeness (QED) is 0.827. The lowest BCUT2D eigenvalue weighted by Crippen LogP contribution is -2.35. The normalized spacial score (nSPS) is 22.6. The van der Waals surface area contributed by atoms with Gasteiger partial charge in [-0.1, -0.05) is 6.07 Å². The van der Waals surface area contributed by atoms with Crippen molar-refractivity contribution in [2.24, 2.45) is 11.7 Å². The molecule has 0 spiro atoms. The molecule has 1 atom stereocenters. The van der Waals surface area contributed by atoms with Crippen LogP contribution in [-0.2, 0) is 5.54 Å². The van der Waals surface area contributed by atoms with Gasteiger partial charge in [-0.3, -0.25) is 0 Å². The minimum atomic E-state index is -0.226. The van der Waals surface area contributed by atoms with Crippen LogP contribution in [0.5, 0.6) is 11.5 Å². The second kappa shape index (κ2) is 3.39. The predicted octanol–water partition coefficient (Wildman–Crippen LogP) is 2.04. The SMILES string of the molecule is CC(N)(c1ccc2c(c1)OCCO2)C1CC1. The van der Waals surface area contributed by atoms with Crippen molar-refractivity contribution in [3.05, 3.63) is 23.8 Å². The minimum Gasteiger partial charge on any atom is -0.486 e. The first kappa shape index (κ1) is 9.97. The van der Waals surface area contributed by atoms with Gasteiger partial charge in [0, 0.05) is 5.54 Å². The molecular weight excluding hydrogens is 202 g/mol. The van der Waals surface area contributed by atoms with Gasteiger partial charge in [0.25, 0.3) is 0 Å². The zero-order chi connectivity index (χ0) is 11.2. The monoisotopic (exact) mass is 219 g/mol. The van der Waals surface area contributed by atoms with Crippen molar-refractivity contribution < 1.29 is 9.47 Å². The van der Waals surface area contributed by atoms with Gasteiger partial charge < -0.3 is 15.2 Å². The standard InChI is InChI=1S/C13H17NO2/c1-13(14,9-2-3-9)10-4-5-11-12(8-10)16-7-6-15-11/h4-5,8-9H,2-3,6-7,14H2,1H3. The lowest BCUT2D eigenvalue weighted by molar-refractivity contribution is 0.171. The first-order valence-electron chi connectivity index (χ1n) is 5.87. The summed E-state index contributed by atoms with van der Waals surface area (Å²) in [4.78, 5) is 0. The minimum absolute atomic E-state index is 0.226. The summed E-state index contributed by atoms with van der Waals surface area (Å²) in [5.74, 6) is 2.29. The van der Waals surface area contributed by atoms with Gasteiger partial charge in [0.1, 0.15) is 13.2 Å². The Hall–Kier alpha value is -1.22. The summed E-state index contributed by atoms with van der Waals surface area (Å²) >= 11 is 0. The Morgan fingerprint density at radius 2 is 1.88 bits per heavy atom. The van der Waals surface area contributed by atoms with Gasteiger partial charge >= 0.3 is 0 Å². The Morgan fingerprint density at radius 3 is 2.56 bits per heavy atom. The highest BCUT2D eigenvalue weighted by atomic mass is 16.6. The lowest BCUT2D eigenvalue weighted by Gasteiger charge is -2.27. The summed E-state index contributed by atoms with van der Waals surface area (Å²) in [5, 5.41) is 0. The van der Waals surface area contributed by atoms with Crippen molar-refractivity contribution in [3.63, 3.8) is 0 Å². The fourth-order valence-corrected chi connectivity index (χ4v) is 2.30. The van der Waals surface area contributed by atoms with Crippen LogP contribution in [0.4, 0.5) is 0 Å². The van der Waals surface area contributed by atoms with Gasteiger partial charge in [0.15, 0.2) is 11.5 Å². The van der Waals surface area contributed by atoms with E-state index in [1.807, 2.05) is 12.1 Å². The molecule has 3 rings (SSSR count). The van der Waals surface area contributed by atoms with Crippen molar-refractivity contribution in [2.75, 3.05) is 13.2 Å². The van der Waals surface area contributed by atoms with Crippen LogP contribution in [0.15, 0.2) is 18.2 Å². The van der Waals surface area contributed by atoms with Gasteiger partial charge in [-0.05, 0) is 43.4 Å². The average Bonchev–Trinajstić information content (AvgIpc) is 3.12. The van der Waals surface area contributed by atoms with E-state index in [-0.39, 0.29) is 5.54 Å². The van der Waals surface area contributed by atoms with E-state index in [4.69, 9.17) is 15.2 Å². The van der Waals surface area contributed by atoms with Gasteiger partial charge in [0.2, 0.25) is 0 Å². The number of fused-ring (bicyclic) bond motifs is 1. The fourth-order valence-electron chi connectivity index (χ4n) is 2.30. The molecule has 3 heteroatoms. The maximum absolute atomic E-state index is 6.38. The van der Waals surface area contributed by atoms with E-state index in [1.165, 1.54) is 12.8 Å². The molecule has 1 unspecified atom stereocenters. The molecule has 86 valence electrons. The molecule has 16 heavy (non-hydrogen) atoms. The van der Waals surface area contributed by atoms with E-state index in [0.717, 1.165) is 17.1 Å². The molecule has 1 aromatic carbocycles. The van der Waals surface area contributed by atoms with E-state index in [0.29, 0.717) is 19.1 Å². The van der Waals surface area contributed by atoms with Crippen LogP contribution in [-0.4, -0.2) is 13.2 Å². The van der Waals surface area contributed by atoms with Gasteiger partial charge in [-0.2, -0.15) is 0 Å². The maximum atomic E-state index is 6.38. The number of nitrogens with two attached hydrogens (primary N) is 1. The number of ether oxygens (including phenoxy) is 2. The van der Waals surface area contributed by atoms with E-state index < -0.39 is 0 Å². The third-order valence-electron chi connectivity index (χ3n) is 3.59. The summed E-state index contributed by atoms with van der Waals surface area (Å²) in [6, 6.07) is 6.07. The Bertz CT molecular complexity index is 410. The van der Waals surface area contributed by atoms with Gasteiger partial charge in [-0.25, -0.2) is 0 Å². The zero-order valence-corrected chi connectivity index (χ0v) is 9.53. The Labute approximate surface area is 95.5 Å². The summed E-state index contributed by atoms with van der Waals surface area (Å²) in [7, 11) is 0. The van der Waals surface area contributed by atoms with Crippen LogP contribution in [0.25, 0.3) is 0 Å². The Balaban J connectivity index is 1.96. The van der Waals surface area contributed by atoms with Crippen LogP contribution < -0.4 is 15.2 Å². The highest BCUT2D eigenvalue weighted by Gasteiger charge is 2.40. The van der Waals surface area contributed by atoms with Crippen molar-refractivity contribution in [3.8, 4) is 11.5 Å². The second-order valence-corrected chi connectivity index (χ2v) is 4.92. The van der Waals surface area contributed by atoms with Crippen LogP contribution in [0, 0.1) is 5.92 Å². The highest BCUT2D eigenvalue weighted by Crippen LogP contribution is 2.45. The molecule has 2 aliphatic rings. The summed E-state index contributed by atoms with van der Waals surface area (Å²) in [6.07, 6.45) is 2.48. The molecule has 1 aliphatic heterocycles. The molecule has 2 N–H and O–H groups in total. The lowest BCUT2D eigenvalue weighted by atomic mass is 9.88. The zero-order valence-electron chi connectivity index (χ0n) is 9.53. The highest BCUT2D eigenvalue weighted by molar-refractivity contribution is 5.46. The van der Waals surface area contributed by atoms with Gasteiger partial charge in [0.05, 0.1) is 0 Å². The van der Waals surface area contributed by atoms with Crippen molar-refractivity contribution >= 4 is 0 Å². The molecule has 0 bridgehead atoms. The maximum Gasteiger partial charge on any atom is 0.161 e. The molecule has 0 aromatic heterocycles. The topological polar surface area (TPSA) is 44.5 Å². The van der Waals surface area contributed by atoms with E-state index in [2.05, 4.69) is 13.0 Å². The average molecular weight is 219 g/mol. The molecule has 1 fully saturated rings. The third kappa shape index (κ3) is 1.55. The summed E-state index contributed by atoms with van der Waals surface area (Å²) in [6.45, 7) is 3.37. The number of rotatable bonds is 2. The van der Waals surface area contributed by atoms with E-state index in [9.17, 15) is 0 Å². The fraction of sp³-hybridized carbons (Fsp3) is 0.538. The van der Waals surface area contributed by atoms with Crippen molar-refractivity contribution in [2.45, 2.75) is 25.3 Å². The molecule has 1 aromatic rings. The molecule has 0 saturated heterocycles. The Morgan fingerprint density at radius 1 is 1.19 bits per heavy atom. The number of hydrogen-bond donors (Lipinski definition) is 1. The van der Waals surface area contributed by atoms with Crippen LogP contribution >= 0.6 is 0 Å². The first-order valence-corrected chi connectivity index (χ1v) is 5.87. The van der Waals surface area contributed by atoms with Crippen LogP contribution in [0.2, 0.25) is 0 Å². The third-order valence-corrected chi connectivity index (χ3v) is 3.59. The van der Waals surface area contributed by atoms with E-state index >= 15 is 0 Å². The molecule has 0 radical (unpaired) electrons. The number of hydrogen-bond acceptors (Lipinski definition) is 3. The molecule has 1 heterocycles. The molecule has 0 amide bonds.